The highest BCUT2D eigenvalue weighted by molar-refractivity contribution is 5.87. The molecule has 0 aromatic heterocycles. The van der Waals surface area contributed by atoms with Crippen LogP contribution in [0.2, 0.25) is 0 Å². The highest BCUT2D eigenvalue weighted by Crippen LogP contribution is 2.33. The third-order valence-electron chi connectivity index (χ3n) is 3.90. The molecule has 1 saturated carbocycles. The molecule has 2 aliphatic rings. The molecule has 84 valence electrons. The molecule has 1 fully saturated rings. The van der Waals surface area contributed by atoms with Gasteiger partial charge in [-0.15, -0.1) is 0 Å². The van der Waals surface area contributed by atoms with Gasteiger partial charge in [0, 0.05) is 17.3 Å². The summed E-state index contributed by atoms with van der Waals surface area (Å²) in [6, 6.07) is 0. The van der Waals surface area contributed by atoms with Crippen molar-refractivity contribution >= 4 is 5.71 Å². The molecule has 0 bridgehead atoms. The largest absolute Gasteiger partial charge is 0.283 e. The molecule has 1 heterocycles. The molecular weight excluding hydrogens is 184 g/mol. The Labute approximate surface area is 92.8 Å². The topological polar surface area (TPSA) is 24.4 Å². The molecule has 2 rings (SSSR count). The number of hydrogen-bond acceptors (Lipinski definition) is 2. The summed E-state index contributed by atoms with van der Waals surface area (Å²) in [6.45, 7) is 6.72. The van der Waals surface area contributed by atoms with Gasteiger partial charge in [0.1, 0.15) is 0 Å². The van der Waals surface area contributed by atoms with Crippen molar-refractivity contribution < 1.29 is 0 Å². The molecule has 1 N–H and O–H groups in total. The zero-order valence-electron chi connectivity index (χ0n) is 10.1. The number of fused-ring (bicyclic) bond motifs is 1. The van der Waals surface area contributed by atoms with Gasteiger partial charge < -0.3 is 0 Å². The molecule has 2 unspecified atom stereocenters. The van der Waals surface area contributed by atoms with Crippen LogP contribution in [-0.4, -0.2) is 5.71 Å². The Morgan fingerprint density at radius 1 is 1.20 bits per heavy atom. The van der Waals surface area contributed by atoms with Gasteiger partial charge in [-0.1, -0.05) is 13.3 Å². The quantitative estimate of drug-likeness (QED) is 0.645. The van der Waals surface area contributed by atoms with E-state index in [0.717, 1.165) is 5.92 Å². The summed E-state index contributed by atoms with van der Waals surface area (Å²) in [6.07, 6.45) is 6.65. The van der Waals surface area contributed by atoms with Crippen LogP contribution in [-0.2, 0) is 0 Å². The number of hydrazone groups is 1. The second-order valence-corrected chi connectivity index (χ2v) is 5.14. The molecule has 0 aromatic rings. The molecule has 2 atom stereocenters. The summed E-state index contributed by atoms with van der Waals surface area (Å²) in [5, 5.41) is 4.40. The highest BCUT2D eigenvalue weighted by atomic mass is 15.3. The van der Waals surface area contributed by atoms with Crippen LogP contribution in [0.4, 0.5) is 0 Å². The van der Waals surface area contributed by atoms with E-state index in [9.17, 15) is 0 Å². The minimum absolute atomic E-state index is 0.633. The Bertz CT molecular complexity index is 302. The van der Waals surface area contributed by atoms with E-state index in [1.54, 1.807) is 5.57 Å². The maximum atomic E-state index is 4.40. The number of nitrogens with one attached hydrogen (secondary N) is 1. The zero-order valence-corrected chi connectivity index (χ0v) is 10.1. The van der Waals surface area contributed by atoms with E-state index < -0.39 is 0 Å². The first-order valence-electron chi connectivity index (χ1n) is 6.18. The lowest BCUT2D eigenvalue weighted by molar-refractivity contribution is 0.409. The zero-order chi connectivity index (χ0) is 10.8. The smallest absolute Gasteiger partial charge is 0.0423 e. The fraction of sp³-hybridized carbons (Fsp3) is 0.769. The maximum absolute atomic E-state index is 4.40. The van der Waals surface area contributed by atoms with Gasteiger partial charge in [0.15, 0.2) is 0 Å². The summed E-state index contributed by atoms with van der Waals surface area (Å²) < 4.78 is 0. The lowest BCUT2D eigenvalue weighted by Gasteiger charge is -2.30. The van der Waals surface area contributed by atoms with Crippen molar-refractivity contribution in [2.45, 2.75) is 52.9 Å². The fourth-order valence-electron chi connectivity index (χ4n) is 2.82. The molecule has 15 heavy (non-hydrogen) atoms. The van der Waals surface area contributed by atoms with Gasteiger partial charge in [-0.25, -0.2) is 0 Å². The monoisotopic (exact) mass is 206 g/mol. The van der Waals surface area contributed by atoms with Crippen LogP contribution in [0.5, 0.6) is 0 Å². The van der Waals surface area contributed by atoms with Crippen LogP contribution >= 0.6 is 0 Å². The Balaban J connectivity index is 2.18. The predicted molar refractivity (Wildman–Crippen MR) is 64.7 cm³/mol. The molecule has 0 radical (unpaired) electrons. The van der Waals surface area contributed by atoms with E-state index in [4.69, 9.17) is 0 Å². The van der Waals surface area contributed by atoms with E-state index in [-0.39, 0.29) is 0 Å². The molecule has 1 aliphatic carbocycles. The third kappa shape index (κ3) is 2.24. The molecule has 0 aromatic carbocycles. The van der Waals surface area contributed by atoms with Crippen LogP contribution in [0.1, 0.15) is 52.9 Å². The average molecular weight is 206 g/mol. The van der Waals surface area contributed by atoms with Gasteiger partial charge >= 0.3 is 0 Å². The highest BCUT2D eigenvalue weighted by Gasteiger charge is 2.25. The molecule has 2 nitrogen and oxygen atoms in total. The van der Waals surface area contributed by atoms with Gasteiger partial charge in [0.25, 0.3) is 0 Å². The van der Waals surface area contributed by atoms with Gasteiger partial charge in [-0.2, -0.15) is 5.10 Å². The number of hydrogen-bond donors (Lipinski definition) is 1. The van der Waals surface area contributed by atoms with Gasteiger partial charge in [0.05, 0.1) is 0 Å². The van der Waals surface area contributed by atoms with E-state index in [1.807, 2.05) is 0 Å². The van der Waals surface area contributed by atoms with Crippen molar-refractivity contribution in [2.75, 3.05) is 0 Å². The summed E-state index contributed by atoms with van der Waals surface area (Å²) in [5.74, 6) is 1.53. The minimum atomic E-state index is 0.633. The first kappa shape index (κ1) is 10.7. The van der Waals surface area contributed by atoms with Crippen molar-refractivity contribution in [3.8, 4) is 0 Å². The number of rotatable bonds is 0. The third-order valence-corrected chi connectivity index (χ3v) is 3.90. The Morgan fingerprint density at radius 2 is 2.00 bits per heavy atom. The fourth-order valence-corrected chi connectivity index (χ4v) is 2.82. The molecule has 1 aliphatic heterocycles. The first-order chi connectivity index (χ1) is 7.18. The number of allylic oxidation sites excluding steroid dienone is 2. The molecule has 0 amide bonds. The predicted octanol–water partition coefficient (Wildman–Crippen LogP) is 3.46. The van der Waals surface area contributed by atoms with Crippen molar-refractivity contribution in [1.82, 2.24) is 5.43 Å². The van der Waals surface area contributed by atoms with Crippen LogP contribution in [0.25, 0.3) is 0 Å². The minimum Gasteiger partial charge on any atom is -0.283 e. The second-order valence-electron chi connectivity index (χ2n) is 5.14. The summed E-state index contributed by atoms with van der Waals surface area (Å²) in [5.41, 5.74) is 7.37. The Hall–Kier alpha value is -0.790. The summed E-state index contributed by atoms with van der Waals surface area (Å²) in [4.78, 5) is 0. The standard InChI is InChI=1S/C13H22N2/c1-9-5-4-6-12-10(2)14-15-11(3)13(12)8-7-9/h9,13-14H,4-8H2,1-3H3. The van der Waals surface area contributed by atoms with Gasteiger partial charge in [0.2, 0.25) is 0 Å². The van der Waals surface area contributed by atoms with Crippen molar-refractivity contribution in [2.24, 2.45) is 16.9 Å². The first-order valence-corrected chi connectivity index (χ1v) is 6.18. The van der Waals surface area contributed by atoms with E-state index in [0.29, 0.717) is 5.92 Å². The van der Waals surface area contributed by atoms with Gasteiger partial charge in [-0.3, -0.25) is 5.43 Å². The van der Waals surface area contributed by atoms with E-state index >= 15 is 0 Å². The SMILES string of the molecule is CC1=NNC(C)=C2CCCC(C)CCC12. The lowest BCUT2D eigenvalue weighted by atomic mass is 9.79. The maximum Gasteiger partial charge on any atom is 0.0423 e. The summed E-state index contributed by atoms with van der Waals surface area (Å²) >= 11 is 0. The van der Waals surface area contributed by atoms with E-state index in [2.05, 4.69) is 31.3 Å². The van der Waals surface area contributed by atoms with Crippen LogP contribution < -0.4 is 5.43 Å². The molecule has 2 heteroatoms. The van der Waals surface area contributed by atoms with Gasteiger partial charge in [-0.05, 0) is 51.0 Å². The number of nitrogens with zero attached hydrogens (tertiary/aromatic N) is 1. The average Bonchev–Trinajstić information content (AvgIpc) is 2.18. The Kier molecular flexibility index (Phi) is 3.13. The van der Waals surface area contributed by atoms with Crippen LogP contribution in [0.3, 0.4) is 0 Å². The summed E-state index contributed by atoms with van der Waals surface area (Å²) in [7, 11) is 0. The van der Waals surface area contributed by atoms with E-state index in [1.165, 1.54) is 43.5 Å². The second kappa shape index (κ2) is 4.38. The van der Waals surface area contributed by atoms with Crippen molar-refractivity contribution in [3.05, 3.63) is 11.3 Å². The Morgan fingerprint density at radius 3 is 2.80 bits per heavy atom. The molecular formula is C13H22N2. The van der Waals surface area contributed by atoms with Crippen molar-refractivity contribution in [1.29, 1.82) is 0 Å². The molecule has 0 saturated heterocycles. The van der Waals surface area contributed by atoms with Crippen molar-refractivity contribution in [3.63, 3.8) is 0 Å². The normalized spacial score (nSPS) is 32.3. The molecule has 0 spiro atoms. The van der Waals surface area contributed by atoms with Crippen LogP contribution in [0.15, 0.2) is 16.4 Å². The van der Waals surface area contributed by atoms with Crippen LogP contribution in [0, 0.1) is 11.8 Å². The lowest BCUT2D eigenvalue weighted by Crippen LogP contribution is -2.27.